The summed E-state index contributed by atoms with van der Waals surface area (Å²) < 4.78 is 19.3. The van der Waals surface area contributed by atoms with Gasteiger partial charge in [0.15, 0.2) is 0 Å². The Bertz CT molecular complexity index is 588. The Morgan fingerprint density at radius 1 is 1.22 bits per heavy atom. The van der Waals surface area contributed by atoms with Crippen molar-refractivity contribution in [1.82, 2.24) is 0 Å². The molecule has 0 bridgehead atoms. The minimum absolute atomic E-state index is 0.197. The molecule has 0 aliphatic carbocycles. The van der Waals surface area contributed by atoms with Gasteiger partial charge < -0.3 is 10.1 Å². The van der Waals surface area contributed by atoms with E-state index in [-0.39, 0.29) is 11.9 Å². The molecule has 0 amide bonds. The molecule has 1 unspecified atom stereocenters. The van der Waals surface area contributed by atoms with Crippen LogP contribution >= 0.6 is 11.6 Å². The van der Waals surface area contributed by atoms with E-state index in [0.717, 1.165) is 11.4 Å². The van der Waals surface area contributed by atoms with E-state index in [0.29, 0.717) is 17.2 Å². The van der Waals surface area contributed by atoms with Crippen LogP contribution in [-0.4, -0.2) is 6.61 Å². The smallest absolute Gasteiger partial charge is 0.142 e. The van der Waals surface area contributed by atoms with Crippen LogP contribution in [0.1, 0.15) is 11.6 Å². The van der Waals surface area contributed by atoms with Crippen LogP contribution in [0.15, 0.2) is 42.5 Å². The molecule has 92 valence electrons. The summed E-state index contributed by atoms with van der Waals surface area (Å²) in [5.41, 5.74) is 1.39. The maximum atomic E-state index is 13.7. The summed E-state index contributed by atoms with van der Waals surface area (Å²) in [4.78, 5) is 0. The maximum absolute atomic E-state index is 13.7. The molecule has 0 saturated carbocycles. The van der Waals surface area contributed by atoms with Crippen molar-refractivity contribution < 1.29 is 9.13 Å². The Kier molecular flexibility index (Phi) is 2.84. The van der Waals surface area contributed by atoms with Gasteiger partial charge in [0.25, 0.3) is 0 Å². The molecule has 0 aromatic heterocycles. The molecule has 2 nitrogen and oxygen atoms in total. The first-order chi connectivity index (χ1) is 8.74. The molecule has 2 aromatic carbocycles. The average molecular weight is 264 g/mol. The van der Waals surface area contributed by atoms with E-state index >= 15 is 0 Å². The minimum atomic E-state index is -0.232. The largest absolute Gasteiger partial charge is 0.489 e. The fourth-order valence-corrected chi connectivity index (χ4v) is 2.24. The van der Waals surface area contributed by atoms with E-state index in [9.17, 15) is 4.39 Å². The summed E-state index contributed by atoms with van der Waals surface area (Å²) in [6.45, 7) is 0.398. The van der Waals surface area contributed by atoms with Crippen LogP contribution in [0.25, 0.3) is 0 Å². The molecule has 1 aliphatic rings. The van der Waals surface area contributed by atoms with Gasteiger partial charge in [0.2, 0.25) is 0 Å². The first-order valence-electron chi connectivity index (χ1n) is 5.67. The first kappa shape index (κ1) is 11.4. The van der Waals surface area contributed by atoms with Gasteiger partial charge in [0.1, 0.15) is 18.2 Å². The first-order valence-corrected chi connectivity index (χ1v) is 6.05. The molecule has 2 aromatic rings. The van der Waals surface area contributed by atoms with Gasteiger partial charge in [-0.15, -0.1) is 0 Å². The van der Waals surface area contributed by atoms with E-state index in [4.69, 9.17) is 16.3 Å². The normalized spacial score (nSPS) is 17.6. The van der Waals surface area contributed by atoms with Crippen LogP contribution in [0.3, 0.4) is 0 Å². The maximum Gasteiger partial charge on any atom is 0.142 e. The molecular formula is C14H11ClFNO. The van der Waals surface area contributed by atoms with Crippen LogP contribution in [0.5, 0.6) is 5.75 Å². The number of fused-ring (bicyclic) bond motifs is 1. The van der Waals surface area contributed by atoms with E-state index in [1.165, 1.54) is 6.07 Å². The van der Waals surface area contributed by atoms with Gasteiger partial charge in [-0.1, -0.05) is 29.8 Å². The lowest BCUT2D eigenvalue weighted by molar-refractivity contribution is 0.284. The van der Waals surface area contributed by atoms with Crippen LogP contribution in [0.4, 0.5) is 10.1 Å². The van der Waals surface area contributed by atoms with E-state index in [1.807, 2.05) is 12.1 Å². The molecule has 0 fully saturated rings. The molecule has 0 spiro atoms. The second-order valence-corrected chi connectivity index (χ2v) is 4.61. The standard InChI is InChI=1S/C14H11ClFNO/c15-9-5-6-14-12(7-9)17-13(8-18-14)10-3-1-2-4-11(10)16/h1-7,13,17H,8H2. The molecule has 0 radical (unpaired) electrons. The van der Waals surface area contributed by atoms with Gasteiger partial charge >= 0.3 is 0 Å². The van der Waals surface area contributed by atoms with Crippen molar-refractivity contribution in [3.8, 4) is 5.75 Å². The zero-order valence-corrected chi connectivity index (χ0v) is 10.2. The Morgan fingerprint density at radius 3 is 2.89 bits per heavy atom. The molecule has 1 aliphatic heterocycles. The zero-order valence-electron chi connectivity index (χ0n) is 9.49. The van der Waals surface area contributed by atoms with Gasteiger partial charge in [-0.25, -0.2) is 4.39 Å². The van der Waals surface area contributed by atoms with E-state index in [1.54, 1.807) is 24.3 Å². The number of halogens is 2. The highest BCUT2D eigenvalue weighted by Gasteiger charge is 2.22. The molecule has 1 heterocycles. The van der Waals surface area contributed by atoms with Crippen LogP contribution in [0, 0.1) is 5.82 Å². The predicted octanol–water partition coefficient (Wildman–Crippen LogP) is 4.02. The molecule has 1 N–H and O–H groups in total. The summed E-state index contributed by atoms with van der Waals surface area (Å²) in [7, 11) is 0. The van der Waals surface area contributed by atoms with Crippen LogP contribution in [-0.2, 0) is 0 Å². The van der Waals surface area contributed by atoms with Crippen LogP contribution < -0.4 is 10.1 Å². The van der Waals surface area contributed by atoms with Crippen molar-refractivity contribution in [1.29, 1.82) is 0 Å². The third-order valence-corrected chi connectivity index (χ3v) is 3.19. The summed E-state index contributed by atoms with van der Waals surface area (Å²) in [6.07, 6.45) is 0. The SMILES string of the molecule is Fc1ccccc1C1COc2ccc(Cl)cc2N1. The monoisotopic (exact) mass is 263 g/mol. The predicted molar refractivity (Wildman–Crippen MR) is 69.7 cm³/mol. The number of benzene rings is 2. The summed E-state index contributed by atoms with van der Waals surface area (Å²) in [6, 6.07) is 11.9. The van der Waals surface area contributed by atoms with E-state index < -0.39 is 0 Å². The molecule has 0 saturated heterocycles. The second kappa shape index (κ2) is 4.50. The lowest BCUT2D eigenvalue weighted by atomic mass is 10.1. The summed E-state index contributed by atoms with van der Waals surface area (Å²) in [5, 5.41) is 3.87. The average Bonchev–Trinajstić information content (AvgIpc) is 2.38. The van der Waals surface area contributed by atoms with Crippen molar-refractivity contribution in [3.05, 3.63) is 58.9 Å². The van der Waals surface area contributed by atoms with Crippen molar-refractivity contribution >= 4 is 17.3 Å². The number of ether oxygens (including phenoxy) is 1. The minimum Gasteiger partial charge on any atom is -0.489 e. The van der Waals surface area contributed by atoms with Crippen molar-refractivity contribution in [2.45, 2.75) is 6.04 Å². The van der Waals surface area contributed by atoms with Gasteiger partial charge in [0, 0.05) is 10.6 Å². The Balaban J connectivity index is 1.93. The van der Waals surface area contributed by atoms with Gasteiger partial charge in [-0.3, -0.25) is 0 Å². The number of rotatable bonds is 1. The topological polar surface area (TPSA) is 21.3 Å². The number of nitrogens with one attached hydrogen (secondary N) is 1. The summed E-state index contributed by atoms with van der Waals surface area (Å²) in [5.74, 6) is 0.510. The fourth-order valence-electron chi connectivity index (χ4n) is 2.07. The van der Waals surface area contributed by atoms with Gasteiger partial charge in [-0.2, -0.15) is 0 Å². The second-order valence-electron chi connectivity index (χ2n) is 4.17. The van der Waals surface area contributed by atoms with Crippen molar-refractivity contribution in [3.63, 3.8) is 0 Å². The lowest BCUT2D eigenvalue weighted by Crippen LogP contribution is -2.24. The number of anilines is 1. The molecule has 3 rings (SSSR count). The quantitative estimate of drug-likeness (QED) is 0.839. The molecule has 1 atom stereocenters. The number of hydrogen-bond donors (Lipinski definition) is 1. The third-order valence-electron chi connectivity index (χ3n) is 2.96. The zero-order chi connectivity index (χ0) is 12.5. The highest BCUT2D eigenvalue weighted by Crippen LogP contribution is 2.35. The number of hydrogen-bond acceptors (Lipinski definition) is 2. The Hall–Kier alpha value is -1.74. The van der Waals surface area contributed by atoms with Gasteiger partial charge in [-0.05, 0) is 24.3 Å². The molecule has 18 heavy (non-hydrogen) atoms. The third kappa shape index (κ3) is 2.02. The van der Waals surface area contributed by atoms with Crippen LogP contribution in [0.2, 0.25) is 5.02 Å². The van der Waals surface area contributed by atoms with Crippen molar-refractivity contribution in [2.75, 3.05) is 11.9 Å². The highest BCUT2D eigenvalue weighted by molar-refractivity contribution is 6.30. The van der Waals surface area contributed by atoms with Crippen molar-refractivity contribution in [2.24, 2.45) is 0 Å². The highest BCUT2D eigenvalue weighted by atomic mass is 35.5. The van der Waals surface area contributed by atoms with E-state index in [2.05, 4.69) is 5.32 Å². The Labute approximate surface area is 109 Å². The molecule has 4 heteroatoms. The Morgan fingerprint density at radius 2 is 2.06 bits per heavy atom. The van der Waals surface area contributed by atoms with Gasteiger partial charge in [0.05, 0.1) is 11.7 Å². The summed E-state index contributed by atoms with van der Waals surface area (Å²) >= 11 is 5.93. The lowest BCUT2D eigenvalue weighted by Gasteiger charge is -2.28. The molecular weight excluding hydrogens is 253 g/mol. The fraction of sp³-hybridized carbons (Fsp3) is 0.143.